The molecular weight excluding hydrogens is 423 g/mol. The maximum absolute atomic E-state index is 6.50. The summed E-state index contributed by atoms with van der Waals surface area (Å²) in [4.78, 5) is 2.71. The fourth-order valence-electron chi connectivity index (χ4n) is 5.61. The fraction of sp³-hybridized carbons (Fsp3) is 0.333. The Morgan fingerprint density at radius 2 is 1.42 bits per heavy atom. The van der Waals surface area contributed by atoms with Crippen molar-refractivity contribution in [1.29, 1.82) is 0 Å². The van der Waals surface area contributed by atoms with E-state index in [1.54, 1.807) is 0 Å². The van der Waals surface area contributed by atoms with Crippen LogP contribution in [0.25, 0.3) is 0 Å². The second kappa shape index (κ2) is 9.34. The van der Waals surface area contributed by atoms with Gasteiger partial charge in [-0.05, 0) is 54.6 Å². The minimum Gasteiger partial charge on any atom is -0.308 e. The zero-order valence-electron chi connectivity index (χ0n) is 17.6. The number of nitrogens with one attached hydrogen (secondary N) is 1. The zero-order chi connectivity index (χ0) is 21.2. The molecule has 6 rings (SSSR count). The van der Waals surface area contributed by atoms with Crippen molar-refractivity contribution in [3.63, 3.8) is 0 Å². The first kappa shape index (κ1) is 21.0. The Bertz CT molecular complexity index is 961. The summed E-state index contributed by atoms with van der Waals surface area (Å²) in [5.74, 6) is 1.01. The van der Waals surface area contributed by atoms with E-state index in [2.05, 4.69) is 76.9 Å². The van der Waals surface area contributed by atoms with Crippen LogP contribution in [0.15, 0.2) is 78.9 Å². The van der Waals surface area contributed by atoms with E-state index in [-0.39, 0.29) is 0 Å². The molecule has 4 heteroatoms. The molecule has 1 N–H and O–H groups in total. The summed E-state index contributed by atoms with van der Waals surface area (Å²) in [6.45, 7) is 3.10. The molecule has 3 aliphatic heterocycles. The topological polar surface area (TPSA) is 15.3 Å². The Hall–Kier alpha value is -1.84. The fourth-order valence-corrected chi connectivity index (χ4v) is 6.00. The lowest BCUT2D eigenvalue weighted by Crippen LogP contribution is -2.64. The van der Waals surface area contributed by atoms with E-state index in [4.69, 9.17) is 23.2 Å². The Morgan fingerprint density at radius 3 is 2.03 bits per heavy atom. The maximum atomic E-state index is 6.50. The van der Waals surface area contributed by atoms with E-state index < -0.39 is 0 Å². The molecule has 3 heterocycles. The molecular formula is C27H28Cl2N2. The van der Waals surface area contributed by atoms with Gasteiger partial charge in [-0.1, -0.05) is 96.0 Å². The molecule has 2 atom stereocenters. The number of rotatable bonds is 6. The number of nitrogens with zero attached hydrogens (tertiary/aromatic N) is 1. The lowest BCUT2D eigenvalue weighted by Gasteiger charge is -2.54. The number of hydrogen-bond donors (Lipinski definition) is 1. The smallest absolute Gasteiger partial charge is 0.0637 e. The third-order valence-corrected chi connectivity index (χ3v) is 7.95. The van der Waals surface area contributed by atoms with Crippen molar-refractivity contribution >= 4 is 23.2 Å². The van der Waals surface area contributed by atoms with Gasteiger partial charge in [0.05, 0.1) is 10.0 Å². The number of halogens is 2. The first-order valence-electron chi connectivity index (χ1n) is 11.2. The number of hydrogen-bond acceptors (Lipinski definition) is 2. The van der Waals surface area contributed by atoms with Crippen molar-refractivity contribution in [2.45, 2.75) is 37.4 Å². The molecule has 3 aromatic rings. The molecule has 31 heavy (non-hydrogen) atoms. The summed E-state index contributed by atoms with van der Waals surface area (Å²) >= 11 is 12.8. The third kappa shape index (κ3) is 4.27. The molecule has 3 aromatic carbocycles. The average Bonchev–Trinajstić information content (AvgIpc) is 2.83. The highest BCUT2D eigenvalue weighted by Gasteiger charge is 2.46. The standard InChI is InChI=1S/C27H28Cl2N2/c28-23-13-7-12-22(25(23)29)18-30-26-21-14-16-31(17-15-21)27(26)24(19-8-3-1-4-9-19)20-10-5-2-6-11-20/h1-13,21,24,26-27,30H,14-18H2/t26-,27+/m1/s1. The van der Waals surface area contributed by atoms with Gasteiger partial charge in [-0.3, -0.25) is 4.90 Å². The van der Waals surface area contributed by atoms with E-state index in [1.807, 2.05) is 12.1 Å². The first-order valence-corrected chi connectivity index (χ1v) is 12.0. The lowest BCUT2D eigenvalue weighted by atomic mass is 9.70. The van der Waals surface area contributed by atoms with Crippen LogP contribution in [-0.4, -0.2) is 30.1 Å². The summed E-state index contributed by atoms with van der Waals surface area (Å²) in [7, 11) is 0. The Kier molecular flexibility index (Phi) is 6.34. The van der Waals surface area contributed by atoms with E-state index in [1.165, 1.54) is 37.1 Å². The van der Waals surface area contributed by atoms with Gasteiger partial charge >= 0.3 is 0 Å². The molecule has 0 radical (unpaired) electrons. The van der Waals surface area contributed by atoms with E-state index >= 15 is 0 Å². The van der Waals surface area contributed by atoms with Crippen LogP contribution in [0.3, 0.4) is 0 Å². The van der Waals surface area contributed by atoms with Crippen LogP contribution < -0.4 is 5.32 Å². The Morgan fingerprint density at radius 1 is 0.806 bits per heavy atom. The van der Waals surface area contributed by atoms with Crippen molar-refractivity contribution in [1.82, 2.24) is 10.2 Å². The molecule has 0 saturated carbocycles. The third-order valence-electron chi connectivity index (χ3n) is 7.09. The van der Waals surface area contributed by atoms with Crippen LogP contribution >= 0.6 is 23.2 Å². The summed E-state index contributed by atoms with van der Waals surface area (Å²) in [5.41, 5.74) is 3.85. The summed E-state index contributed by atoms with van der Waals surface area (Å²) in [5, 5.41) is 5.21. The Balaban J connectivity index is 1.50. The summed E-state index contributed by atoms with van der Waals surface area (Å²) < 4.78 is 0. The molecule has 160 valence electrons. The van der Waals surface area contributed by atoms with Gasteiger partial charge in [0.15, 0.2) is 0 Å². The molecule has 3 aliphatic rings. The van der Waals surface area contributed by atoms with Crippen molar-refractivity contribution in [2.75, 3.05) is 13.1 Å². The van der Waals surface area contributed by atoms with Crippen LogP contribution in [0.1, 0.15) is 35.4 Å². The molecule has 2 bridgehead atoms. The maximum Gasteiger partial charge on any atom is 0.0637 e. The van der Waals surface area contributed by atoms with Gasteiger partial charge in [-0.15, -0.1) is 0 Å². The van der Waals surface area contributed by atoms with Crippen LogP contribution in [0.5, 0.6) is 0 Å². The van der Waals surface area contributed by atoms with Gasteiger partial charge in [0, 0.05) is 24.5 Å². The van der Waals surface area contributed by atoms with Crippen LogP contribution in [0, 0.1) is 5.92 Å². The van der Waals surface area contributed by atoms with Gasteiger partial charge < -0.3 is 5.32 Å². The second-order valence-electron chi connectivity index (χ2n) is 8.78. The van der Waals surface area contributed by atoms with Crippen molar-refractivity contribution in [3.05, 3.63) is 106 Å². The highest BCUT2D eigenvalue weighted by Crippen LogP contribution is 2.42. The zero-order valence-corrected chi connectivity index (χ0v) is 19.1. The summed E-state index contributed by atoms with van der Waals surface area (Å²) in [6, 6.07) is 28.7. The average molecular weight is 451 g/mol. The minimum absolute atomic E-state index is 0.331. The Labute approximate surface area is 195 Å². The lowest BCUT2D eigenvalue weighted by molar-refractivity contribution is 0.00468. The molecule has 0 aliphatic carbocycles. The molecule has 0 unspecified atom stereocenters. The predicted molar refractivity (Wildman–Crippen MR) is 130 cm³/mol. The quantitative estimate of drug-likeness (QED) is 0.468. The normalized spacial score (nSPS) is 25.1. The molecule has 3 saturated heterocycles. The number of piperidine rings is 3. The number of benzene rings is 3. The molecule has 0 aromatic heterocycles. The first-order chi connectivity index (χ1) is 15.2. The van der Waals surface area contributed by atoms with Crippen molar-refractivity contribution in [3.8, 4) is 0 Å². The highest BCUT2D eigenvalue weighted by atomic mass is 35.5. The van der Waals surface area contributed by atoms with Gasteiger partial charge in [0.1, 0.15) is 0 Å². The van der Waals surface area contributed by atoms with Crippen LogP contribution in [0.2, 0.25) is 10.0 Å². The van der Waals surface area contributed by atoms with Gasteiger partial charge in [-0.25, -0.2) is 0 Å². The van der Waals surface area contributed by atoms with Crippen LogP contribution in [0.4, 0.5) is 0 Å². The minimum atomic E-state index is 0.331. The van der Waals surface area contributed by atoms with Gasteiger partial charge in [0.25, 0.3) is 0 Å². The molecule has 2 nitrogen and oxygen atoms in total. The monoisotopic (exact) mass is 450 g/mol. The second-order valence-corrected chi connectivity index (χ2v) is 9.57. The number of fused-ring (bicyclic) bond motifs is 3. The van der Waals surface area contributed by atoms with Crippen LogP contribution in [-0.2, 0) is 6.54 Å². The van der Waals surface area contributed by atoms with E-state index in [0.29, 0.717) is 34.0 Å². The van der Waals surface area contributed by atoms with Gasteiger partial charge in [0.2, 0.25) is 0 Å². The van der Waals surface area contributed by atoms with E-state index in [0.717, 1.165) is 12.1 Å². The van der Waals surface area contributed by atoms with Gasteiger partial charge in [-0.2, -0.15) is 0 Å². The summed E-state index contributed by atoms with van der Waals surface area (Å²) in [6.07, 6.45) is 2.52. The highest BCUT2D eigenvalue weighted by molar-refractivity contribution is 6.42. The predicted octanol–water partition coefficient (Wildman–Crippen LogP) is 6.38. The molecule has 3 fully saturated rings. The largest absolute Gasteiger partial charge is 0.308 e. The van der Waals surface area contributed by atoms with Crippen molar-refractivity contribution in [2.24, 2.45) is 5.92 Å². The van der Waals surface area contributed by atoms with Crippen molar-refractivity contribution < 1.29 is 0 Å². The van der Waals surface area contributed by atoms with E-state index in [9.17, 15) is 0 Å². The molecule has 0 spiro atoms. The molecule has 0 amide bonds. The SMILES string of the molecule is Clc1cccc(CN[C@@H]2C3CCN(CC3)[C@H]2C(c2ccccc2)c2ccccc2)c1Cl.